The average Bonchev–Trinajstić information content (AvgIpc) is 2.99. The number of rotatable bonds is 3. The van der Waals surface area contributed by atoms with Crippen molar-refractivity contribution in [3.8, 4) is 0 Å². The van der Waals surface area contributed by atoms with Gasteiger partial charge in [-0.3, -0.25) is 4.79 Å². The SMILES string of the molecule is O=C(NCc1cccs1)N1CCCC(C(=O)N2CCCCCC2)C1. The van der Waals surface area contributed by atoms with Crippen molar-refractivity contribution in [2.75, 3.05) is 26.2 Å². The second-order valence-electron chi connectivity index (χ2n) is 6.76. The molecular formula is C18H27N3O2S. The number of nitrogens with one attached hydrogen (secondary N) is 1. The maximum atomic E-state index is 12.8. The van der Waals surface area contributed by atoms with Crippen molar-refractivity contribution >= 4 is 23.3 Å². The van der Waals surface area contributed by atoms with Crippen molar-refractivity contribution in [2.45, 2.75) is 45.1 Å². The Morgan fingerprint density at radius 2 is 1.83 bits per heavy atom. The Balaban J connectivity index is 1.51. The summed E-state index contributed by atoms with van der Waals surface area (Å²) < 4.78 is 0. The molecular weight excluding hydrogens is 322 g/mol. The van der Waals surface area contributed by atoms with E-state index in [0.717, 1.165) is 50.2 Å². The molecule has 5 nitrogen and oxygen atoms in total. The summed E-state index contributed by atoms with van der Waals surface area (Å²) in [6.45, 7) is 3.66. The van der Waals surface area contributed by atoms with Gasteiger partial charge in [-0.05, 0) is 37.1 Å². The molecule has 0 aromatic carbocycles. The van der Waals surface area contributed by atoms with Crippen molar-refractivity contribution in [3.63, 3.8) is 0 Å². The highest BCUT2D eigenvalue weighted by atomic mass is 32.1. The lowest BCUT2D eigenvalue weighted by molar-refractivity contribution is -0.136. The summed E-state index contributed by atoms with van der Waals surface area (Å²) in [6.07, 6.45) is 6.51. The van der Waals surface area contributed by atoms with Crippen LogP contribution < -0.4 is 5.32 Å². The quantitative estimate of drug-likeness (QED) is 0.912. The summed E-state index contributed by atoms with van der Waals surface area (Å²) in [7, 11) is 0. The van der Waals surface area contributed by atoms with Gasteiger partial charge in [-0.1, -0.05) is 18.9 Å². The molecule has 0 spiro atoms. The molecule has 0 bridgehead atoms. The first-order valence-corrected chi connectivity index (χ1v) is 9.96. The first-order valence-electron chi connectivity index (χ1n) is 9.08. The fourth-order valence-corrected chi connectivity index (χ4v) is 4.24. The summed E-state index contributed by atoms with van der Waals surface area (Å²) in [5, 5.41) is 4.99. The molecule has 3 amide bonds. The number of carbonyl (C=O) groups is 2. The van der Waals surface area contributed by atoms with Crippen molar-refractivity contribution < 1.29 is 9.59 Å². The zero-order chi connectivity index (χ0) is 16.8. The Kier molecular flexibility index (Phi) is 6.12. The summed E-state index contributed by atoms with van der Waals surface area (Å²) in [4.78, 5) is 30.2. The van der Waals surface area contributed by atoms with E-state index >= 15 is 0 Å². The number of piperidine rings is 1. The van der Waals surface area contributed by atoms with Gasteiger partial charge in [-0.15, -0.1) is 11.3 Å². The first kappa shape index (κ1) is 17.3. The van der Waals surface area contributed by atoms with Crippen LogP contribution >= 0.6 is 11.3 Å². The molecule has 1 aromatic rings. The predicted molar refractivity (Wildman–Crippen MR) is 95.9 cm³/mol. The highest BCUT2D eigenvalue weighted by Gasteiger charge is 2.31. The first-order chi connectivity index (χ1) is 11.7. The number of nitrogens with zero attached hydrogens (tertiary/aromatic N) is 2. The van der Waals surface area contributed by atoms with Gasteiger partial charge in [-0.25, -0.2) is 4.79 Å². The maximum Gasteiger partial charge on any atom is 0.317 e. The second kappa shape index (κ2) is 8.51. The lowest BCUT2D eigenvalue weighted by atomic mass is 9.96. The average molecular weight is 350 g/mol. The number of urea groups is 1. The fourth-order valence-electron chi connectivity index (χ4n) is 3.60. The van der Waals surface area contributed by atoms with Gasteiger partial charge < -0.3 is 15.1 Å². The van der Waals surface area contributed by atoms with E-state index in [-0.39, 0.29) is 17.9 Å². The lowest BCUT2D eigenvalue weighted by Crippen LogP contribution is -2.49. The van der Waals surface area contributed by atoms with Crippen molar-refractivity contribution in [1.82, 2.24) is 15.1 Å². The van der Waals surface area contributed by atoms with Crippen LogP contribution in [0.3, 0.4) is 0 Å². The zero-order valence-electron chi connectivity index (χ0n) is 14.2. The minimum Gasteiger partial charge on any atom is -0.342 e. The second-order valence-corrected chi connectivity index (χ2v) is 7.79. The van der Waals surface area contributed by atoms with Crippen LogP contribution in [0.25, 0.3) is 0 Å². The summed E-state index contributed by atoms with van der Waals surface area (Å²) >= 11 is 1.64. The maximum absolute atomic E-state index is 12.8. The van der Waals surface area contributed by atoms with Gasteiger partial charge in [0.2, 0.25) is 5.91 Å². The Hall–Kier alpha value is -1.56. The van der Waals surface area contributed by atoms with Gasteiger partial charge in [0, 0.05) is 31.1 Å². The molecule has 0 aliphatic carbocycles. The zero-order valence-corrected chi connectivity index (χ0v) is 15.0. The van der Waals surface area contributed by atoms with Crippen LogP contribution in [-0.4, -0.2) is 47.9 Å². The largest absolute Gasteiger partial charge is 0.342 e. The number of hydrogen-bond donors (Lipinski definition) is 1. The van der Waals surface area contributed by atoms with Crippen LogP contribution in [0.5, 0.6) is 0 Å². The van der Waals surface area contributed by atoms with Crippen LogP contribution in [0.2, 0.25) is 0 Å². The van der Waals surface area contributed by atoms with E-state index in [4.69, 9.17) is 0 Å². The van der Waals surface area contributed by atoms with Crippen molar-refractivity contribution in [2.24, 2.45) is 5.92 Å². The number of thiophene rings is 1. The lowest BCUT2D eigenvalue weighted by Gasteiger charge is -2.34. The molecule has 1 aromatic heterocycles. The van der Waals surface area contributed by atoms with Gasteiger partial charge in [0.25, 0.3) is 0 Å². The normalized spacial score (nSPS) is 22.1. The standard InChI is InChI=1S/C18H27N3O2S/c22-17(20-9-3-1-2-4-10-20)15-7-5-11-21(14-15)18(23)19-13-16-8-6-12-24-16/h6,8,12,15H,1-5,7,9-11,13-14H2,(H,19,23). The van der Waals surface area contributed by atoms with Gasteiger partial charge in [0.1, 0.15) is 0 Å². The van der Waals surface area contributed by atoms with Gasteiger partial charge in [0.15, 0.2) is 0 Å². The summed E-state index contributed by atoms with van der Waals surface area (Å²) in [6, 6.07) is 3.97. The molecule has 6 heteroatoms. The van der Waals surface area contributed by atoms with Gasteiger partial charge in [-0.2, -0.15) is 0 Å². The molecule has 1 N–H and O–H groups in total. The molecule has 2 fully saturated rings. The third kappa shape index (κ3) is 4.50. The number of hydrogen-bond acceptors (Lipinski definition) is 3. The third-order valence-corrected chi connectivity index (χ3v) is 5.85. The Morgan fingerprint density at radius 1 is 1.08 bits per heavy atom. The monoisotopic (exact) mass is 349 g/mol. The minimum absolute atomic E-state index is 0.0238. The third-order valence-electron chi connectivity index (χ3n) is 4.97. The molecule has 2 saturated heterocycles. The predicted octanol–water partition coefficient (Wildman–Crippen LogP) is 3.07. The van der Waals surface area contributed by atoms with Crippen LogP contribution in [0.4, 0.5) is 4.79 Å². The molecule has 3 heterocycles. The Labute approximate surface area is 148 Å². The summed E-state index contributed by atoms with van der Waals surface area (Å²) in [5.41, 5.74) is 0. The molecule has 1 unspecified atom stereocenters. The van der Waals surface area contributed by atoms with E-state index in [1.54, 1.807) is 11.3 Å². The van der Waals surface area contributed by atoms with E-state index in [1.807, 2.05) is 27.3 Å². The van der Waals surface area contributed by atoms with Crippen molar-refractivity contribution in [1.29, 1.82) is 0 Å². The van der Waals surface area contributed by atoms with Crippen LogP contribution in [0.1, 0.15) is 43.4 Å². The minimum atomic E-state index is -0.0447. The van der Waals surface area contributed by atoms with E-state index in [9.17, 15) is 9.59 Å². The fraction of sp³-hybridized carbons (Fsp3) is 0.667. The molecule has 2 aliphatic rings. The topological polar surface area (TPSA) is 52.7 Å². The molecule has 24 heavy (non-hydrogen) atoms. The van der Waals surface area contributed by atoms with E-state index in [1.165, 1.54) is 12.8 Å². The molecule has 0 saturated carbocycles. The Bertz CT molecular complexity index is 538. The molecule has 0 radical (unpaired) electrons. The highest BCUT2D eigenvalue weighted by Crippen LogP contribution is 2.21. The summed E-state index contributed by atoms with van der Waals surface area (Å²) in [5.74, 6) is 0.233. The number of likely N-dealkylation sites (tertiary alicyclic amines) is 2. The Morgan fingerprint density at radius 3 is 2.54 bits per heavy atom. The van der Waals surface area contributed by atoms with Gasteiger partial charge >= 0.3 is 6.03 Å². The number of carbonyl (C=O) groups excluding carboxylic acids is 2. The molecule has 132 valence electrons. The smallest absolute Gasteiger partial charge is 0.317 e. The molecule has 1 atom stereocenters. The van der Waals surface area contributed by atoms with Crippen LogP contribution in [0, 0.1) is 5.92 Å². The van der Waals surface area contributed by atoms with E-state index < -0.39 is 0 Å². The van der Waals surface area contributed by atoms with Crippen molar-refractivity contribution in [3.05, 3.63) is 22.4 Å². The van der Waals surface area contributed by atoms with E-state index in [0.29, 0.717) is 13.1 Å². The number of amides is 3. The van der Waals surface area contributed by atoms with Crippen LogP contribution in [0.15, 0.2) is 17.5 Å². The van der Waals surface area contributed by atoms with E-state index in [2.05, 4.69) is 5.32 Å². The molecule has 2 aliphatic heterocycles. The molecule has 3 rings (SSSR count). The van der Waals surface area contributed by atoms with Gasteiger partial charge in [0.05, 0.1) is 12.5 Å². The van der Waals surface area contributed by atoms with Crippen LogP contribution in [-0.2, 0) is 11.3 Å². The highest BCUT2D eigenvalue weighted by molar-refractivity contribution is 7.09.